The Balaban J connectivity index is 2.07. The average Bonchev–Trinajstić information content (AvgIpc) is 3.13. The summed E-state index contributed by atoms with van der Waals surface area (Å²) in [5, 5.41) is 21.9. The molecule has 2 aromatic rings. The monoisotopic (exact) mass is 287 g/mol. The number of nitrogens with zero attached hydrogens (tertiary/aromatic N) is 2. The fourth-order valence-corrected chi connectivity index (χ4v) is 1.48. The number of hydrogen-bond acceptors (Lipinski definition) is 6. The van der Waals surface area contributed by atoms with E-state index in [0.717, 1.165) is 12.1 Å². The lowest BCUT2D eigenvalue weighted by Crippen LogP contribution is -2.23. The van der Waals surface area contributed by atoms with Gasteiger partial charge in [-0.2, -0.15) is 5.26 Å². The molecule has 0 radical (unpaired) electrons. The minimum Gasteiger partial charge on any atom is -0.467 e. The van der Waals surface area contributed by atoms with Crippen molar-refractivity contribution in [2.75, 3.05) is 0 Å². The number of rotatable bonds is 5. The van der Waals surface area contributed by atoms with Crippen LogP contribution in [0.15, 0.2) is 44.9 Å². The molecule has 0 saturated carbocycles. The molecular formula is C13H9N3O5. The zero-order chi connectivity index (χ0) is 15.2. The Labute approximate surface area is 118 Å². The van der Waals surface area contributed by atoms with Gasteiger partial charge in [0.25, 0.3) is 5.91 Å². The highest BCUT2D eigenvalue weighted by atomic mass is 16.6. The molecule has 2 rings (SSSR count). The molecule has 0 aromatic carbocycles. The third-order valence-electron chi connectivity index (χ3n) is 2.45. The molecule has 0 spiro atoms. The van der Waals surface area contributed by atoms with Gasteiger partial charge in [-0.1, -0.05) is 0 Å². The second-order valence-electron chi connectivity index (χ2n) is 3.86. The van der Waals surface area contributed by atoms with Gasteiger partial charge in [-0.3, -0.25) is 14.9 Å². The van der Waals surface area contributed by atoms with Gasteiger partial charge in [0.05, 0.1) is 18.9 Å². The van der Waals surface area contributed by atoms with E-state index in [1.54, 1.807) is 18.2 Å². The van der Waals surface area contributed by atoms with Gasteiger partial charge in [-0.05, 0) is 18.2 Å². The van der Waals surface area contributed by atoms with Crippen molar-refractivity contribution in [1.29, 1.82) is 5.26 Å². The standard InChI is InChI=1S/C13H9N3O5/c14-7-9(6-10-3-4-12(21-10)16(18)19)13(17)15-8-11-2-1-5-20-11/h1-6H,8H2,(H,15,17)/b9-6+. The van der Waals surface area contributed by atoms with Gasteiger partial charge >= 0.3 is 5.88 Å². The molecule has 0 saturated heterocycles. The number of amides is 1. The highest BCUT2D eigenvalue weighted by Crippen LogP contribution is 2.18. The van der Waals surface area contributed by atoms with Crippen LogP contribution in [0.2, 0.25) is 0 Å². The molecule has 8 nitrogen and oxygen atoms in total. The van der Waals surface area contributed by atoms with Crippen molar-refractivity contribution < 1.29 is 18.6 Å². The maximum atomic E-state index is 11.8. The maximum absolute atomic E-state index is 11.8. The van der Waals surface area contributed by atoms with E-state index in [2.05, 4.69) is 5.32 Å². The summed E-state index contributed by atoms with van der Waals surface area (Å²) in [5.74, 6) is -0.511. The lowest BCUT2D eigenvalue weighted by Gasteiger charge is -2.00. The van der Waals surface area contributed by atoms with Crippen LogP contribution in [-0.4, -0.2) is 10.8 Å². The third-order valence-corrected chi connectivity index (χ3v) is 2.45. The molecule has 0 aliphatic carbocycles. The zero-order valence-electron chi connectivity index (χ0n) is 10.6. The van der Waals surface area contributed by atoms with E-state index in [-0.39, 0.29) is 17.9 Å². The van der Waals surface area contributed by atoms with Crippen LogP contribution in [0.5, 0.6) is 0 Å². The predicted molar refractivity (Wildman–Crippen MR) is 69.5 cm³/mol. The summed E-state index contributed by atoms with van der Waals surface area (Å²) in [6.07, 6.45) is 2.59. The topological polar surface area (TPSA) is 122 Å². The molecule has 106 valence electrons. The zero-order valence-corrected chi connectivity index (χ0v) is 10.6. The van der Waals surface area contributed by atoms with Crippen molar-refractivity contribution in [1.82, 2.24) is 5.32 Å². The fraction of sp³-hybridized carbons (Fsp3) is 0.0769. The second kappa shape index (κ2) is 6.21. The first-order valence-electron chi connectivity index (χ1n) is 5.77. The first-order chi connectivity index (χ1) is 10.1. The van der Waals surface area contributed by atoms with Gasteiger partial charge in [0.2, 0.25) is 0 Å². The van der Waals surface area contributed by atoms with Gasteiger partial charge in [-0.15, -0.1) is 0 Å². The quantitative estimate of drug-likeness (QED) is 0.388. The molecule has 1 amide bonds. The van der Waals surface area contributed by atoms with Crippen molar-refractivity contribution >= 4 is 17.9 Å². The summed E-state index contributed by atoms with van der Waals surface area (Å²) in [6, 6.07) is 7.49. The molecule has 1 N–H and O–H groups in total. The highest BCUT2D eigenvalue weighted by Gasteiger charge is 2.14. The van der Waals surface area contributed by atoms with Crippen LogP contribution >= 0.6 is 0 Å². The van der Waals surface area contributed by atoms with Crippen LogP contribution in [-0.2, 0) is 11.3 Å². The lowest BCUT2D eigenvalue weighted by atomic mass is 10.2. The van der Waals surface area contributed by atoms with Crippen LogP contribution in [0, 0.1) is 21.4 Å². The number of furan rings is 2. The summed E-state index contributed by atoms with van der Waals surface area (Å²) in [4.78, 5) is 21.6. The molecule has 2 heterocycles. The minimum absolute atomic E-state index is 0.0476. The van der Waals surface area contributed by atoms with Crippen molar-refractivity contribution in [2.45, 2.75) is 6.54 Å². The largest absolute Gasteiger partial charge is 0.467 e. The smallest absolute Gasteiger partial charge is 0.433 e. The number of hydrogen-bond donors (Lipinski definition) is 1. The summed E-state index contributed by atoms with van der Waals surface area (Å²) in [6.45, 7) is 0.128. The number of carbonyl (C=O) groups is 1. The summed E-state index contributed by atoms with van der Waals surface area (Å²) in [7, 11) is 0. The van der Waals surface area contributed by atoms with E-state index in [1.807, 2.05) is 0 Å². The predicted octanol–water partition coefficient (Wildman–Crippen LogP) is 2.00. The Hall–Kier alpha value is -3.34. The van der Waals surface area contributed by atoms with Gasteiger partial charge in [-0.25, -0.2) is 0 Å². The Morgan fingerprint density at radius 3 is 2.86 bits per heavy atom. The summed E-state index contributed by atoms with van der Waals surface area (Å²) < 4.78 is 9.89. The van der Waals surface area contributed by atoms with Gasteiger partial charge in [0.1, 0.15) is 28.1 Å². The fourth-order valence-electron chi connectivity index (χ4n) is 1.48. The maximum Gasteiger partial charge on any atom is 0.433 e. The molecule has 0 fully saturated rings. The Bertz CT molecular complexity index is 721. The Morgan fingerprint density at radius 1 is 1.48 bits per heavy atom. The number of nitrogens with one attached hydrogen (secondary N) is 1. The van der Waals surface area contributed by atoms with E-state index in [0.29, 0.717) is 5.76 Å². The average molecular weight is 287 g/mol. The summed E-state index contributed by atoms with van der Waals surface area (Å²) >= 11 is 0. The van der Waals surface area contributed by atoms with Crippen molar-refractivity contribution in [3.05, 3.63) is 57.7 Å². The van der Waals surface area contributed by atoms with E-state index < -0.39 is 16.7 Å². The van der Waals surface area contributed by atoms with Crippen molar-refractivity contribution in [2.24, 2.45) is 0 Å². The molecule has 2 aromatic heterocycles. The number of carbonyl (C=O) groups excluding carboxylic acids is 1. The van der Waals surface area contributed by atoms with Crippen LogP contribution in [0.3, 0.4) is 0 Å². The Morgan fingerprint density at radius 2 is 2.29 bits per heavy atom. The number of nitriles is 1. The van der Waals surface area contributed by atoms with Crippen LogP contribution in [0.4, 0.5) is 5.88 Å². The molecule has 8 heteroatoms. The van der Waals surface area contributed by atoms with Gasteiger partial charge in [0.15, 0.2) is 0 Å². The van der Waals surface area contributed by atoms with E-state index in [9.17, 15) is 14.9 Å². The molecular weight excluding hydrogens is 278 g/mol. The van der Waals surface area contributed by atoms with Gasteiger partial charge < -0.3 is 14.2 Å². The lowest BCUT2D eigenvalue weighted by molar-refractivity contribution is -0.402. The van der Waals surface area contributed by atoms with Crippen LogP contribution < -0.4 is 5.32 Å². The molecule has 0 atom stereocenters. The summed E-state index contributed by atoms with van der Waals surface area (Å²) in [5.41, 5.74) is -0.231. The molecule has 0 unspecified atom stereocenters. The first kappa shape index (κ1) is 14.1. The molecule has 0 aliphatic rings. The third kappa shape index (κ3) is 3.57. The molecule has 0 bridgehead atoms. The van der Waals surface area contributed by atoms with E-state index >= 15 is 0 Å². The minimum atomic E-state index is -0.708. The molecule has 0 aliphatic heterocycles. The van der Waals surface area contributed by atoms with E-state index in [1.165, 1.54) is 12.3 Å². The second-order valence-corrected chi connectivity index (χ2v) is 3.86. The first-order valence-corrected chi connectivity index (χ1v) is 5.77. The SMILES string of the molecule is N#C/C(=C\c1ccc([N+](=O)[O-])o1)C(=O)NCc1ccco1. The van der Waals surface area contributed by atoms with Crippen molar-refractivity contribution in [3.8, 4) is 6.07 Å². The van der Waals surface area contributed by atoms with E-state index in [4.69, 9.17) is 14.1 Å². The van der Waals surface area contributed by atoms with Gasteiger partial charge in [0, 0.05) is 6.08 Å². The highest BCUT2D eigenvalue weighted by molar-refractivity contribution is 6.01. The number of nitro groups is 1. The molecule has 21 heavy (non-hydrogen) atoms. The van der Waals surface area contributed by atoms with Crippen molar-refractivity contribution in [3.63, 3.8) is 0 Å². The Kier molecular flexibility index (Phi) is 4.16. The van der Waals surface area contributed by atoms with Crippen LogP contribution in [0.1, 0.15) is 11.5 Å². The normalized spacial score (nSPS) is 10.9. The van der Waals surface area contributed by atoms with Crippen LogP contribution in [0.25, 0.3) is 6.08 Å².